The van der Waals surface area contributed by atoms with E-state index >= 15 is 0 Å². The second-order valence-electron chi connectivity index (χ2n) is 4.23. The Balaban J connectivity index is 2.29. The molecule has 0 atom stereocenters. The lowest BCUT2D eigenvalue weighted by Gasteiger charge is -2.09. The van der Waals surface area contributed by atoms with Gasteiger partial charge in [0.05, 0.1) is 23.8 Å². The number of esters is 1. The van der Waals surface area contributed by atoms with Gasteiger partial charge < -0.3 is 15.4 Å². The Morgan fingerprint density at radius 3 is 2.32 bits per heavy atom. The zero-order valence-electron chi connectivity index (χ0n) is 12.0. The van der Waals surface area contributed by atoms with E-state index in [1.807, 2.05) is 0 Å². The number of rotatable bonds is 4. The van der Waals surface area contributed by atoms with Gasteiger partial charge in [-0.15, -0.1) is 11.3 Å². The van der Waals surface area contributed by atoms with Crippen LogP contribution in [0, 0.1) is 0 Å². The molecule has 0 bridgehead atoms. The number of anilines is 1. The van der Waals surface area contributed by atoms with Crippen LogP contribution in [0.5, 0.6) is 0 Å². The van der Waals surface area contributed by atoms with Crippen LogP contribution in [-0.4, -0.2) is 31.9 Å². The molecule has 22 heavy (non-hydrogen) atoms. The van der Waals surface area contributed by atoms with Crippen molar-refractivity contribution in [1.29, 1.82) is 0 Å². The van der Waals surface area contributed by atoms with Gasteiger partial charge >= 0.3 is 5.97 Å². The van der Waals surface area contributed by atoms with Crippen molar-refractivity contribution in [3.63, 3.8) is 0 Å². The van der Waals surface area contributed by atoms with Gasteiger partial charge in [-0.05, 0) is 23.6 Å². The van der Waals surface area contributed by atoms with Crippen molar-refractivity contribution < 1.29 is 19.1 Å². The Morgan fingerprint density at radius 2 is 1.68 bits per heavy atom. The summed E-state index contributed by atoms with van der Waals surface area (Å²) in [6, 6.07) is 7.94. The fourth-order valence-electron chi connectivity index (χ4n) is 1.86. The van der Waals surface area contributed by atoms with Crippen molar-refractivity contribution in [1.82, 2.24) is 5.32 Å². The third-order valence-corrected chi connectivity index (χ3v) is 3.77. The van der Waals surface area contributed by atoms with Crippen molar-refractivity contribution >= 4 is 34.1 Å². The molecule has 7 heteroatoms. The van der Waals surface area contributed by atoms with Crippen molar-refractivity contribution in [2.24, 2.45) is 0 Å². The van der Waals surface area contributed by atoms with E-state index in [4.69, 9.17) is 0 Å². The Morgan fingerprint density at radius 1 is 1.00 bits per heavy atom. The lowest BCUT2D eigenvalue weighted by molar-refractivity contribution is 0.0597. The maximum atomic E-state index is 12.4. The number of nitrogens with one attached hydrogen (secondary N) is 2. The molecule has 2 rings (SSSR count). The standard InChI is InChI=1S/C15H14N2O4S/c1-16-12(18)11-7-8-22-14(11)17-13(19)9-5-3-4-6-10(9)15(20)21-2/h3-8H,1-2H3,(H,16,18)(H,17,19). The first-order valence-electron chi connectivity index (χ1n) is 6.36. The highest BCUT2D eigenvalue weighted by molar-refractivity contribution is 7.14. The first kappa shape index (κ1) is 15.7. The number of methoxy groups -OCH3 is 1. The third-order valence-electron chi connectivity index (χ3n) is 2.94. The number of carbonyl (C=O) groups excluding carboxylic acids is 3. The predicted octanol–water partition coefficient (Wildman–Crippen LogP) is 2.15. The molecule has 0 fully saturated rings. The smallest absolute Gasteiger partial charge is 0.338 e. The molecular weight excluding hydrogens is 304 g/mol. The second-order valence-corrected chi connectivity index (χ2v) is 5.15. The minimum Gasteiger partial charge on any atom is -0.465 e. The molecule has 2 N–H and O–H groups in total. The quantitative estimate of drug-likeness (QED) is 0.846. The van der Waals surface area contributed by atoms with E-state index in [0.29, 0.717) is 10.6 Å². The van der Waals surface area contributed by atoms with E-state index in [1.165, 1.54) is 37.6 Å². The maximum Gasteiger partial charge on any atom is 0.338 e. The first-order chi connectivity index (χ1) is 10.6. The Hall–Kier alpha value is -2.67. The highest BCUT2D eigenvalue weighted by atomic mass is 32.1. The lowest BCUT2D eigenvalue weighted by Crippen LogP contribution is -2.21. The molecule has 0 spiro atoms. The van der Waals surface area contributed by atoms with Crippen LogP contribution in [0.25, 0.3) is 0 Å². The van der Waals surface area contributed by atoms with E-state index in [0.717, 1.165) is 0 Å². The fraction of sp³-hybridized carbons (Fsp3) is 0.133. The second kappa shape index (κ2) is 6.86. The van der Waals surface area contributed by atoms with Gasteiger partial charge in [0, 0.05) is 7.05 Å². The Kier molecular flexibility index (Phi) is 4.90. The molecule has 0 saturated carbocycles. The molecule has 6 nitrogen and oxygen atoms in total. The SMILES string of the molecule is CNC(=O)c1ccsc1NC(=O)c1ccccc1C(=O)OC. The highest BCUT2D eigenvalue weighted by Crippen LogP contribution is 2.24. The zero-order valence-corrected chi connectivity index (χ0v) is 12.8. The predicted molar refractivity (Wildman–Crippen MR) is 83.4 cm³/mol. The van der Waals surface area contributed by atoms with Gasteiger partial charge in [0.25, 0.3) is 11.8 Å². The minimum atomic E-state index is -0.594. The van der Waals surface area contributed by atoms with Crippen molar-refractivity contribution in [3.05, 3.63) is 52.4 Å². The molecule has 1 heterocycles. The van der Waals surface area contributed by atoms with Gasteiger partial charge in [0.1, 0.15) is 5.00 Å². The van der Waals surface area contributed by atoms with Crippen LogP contribution >= 0.6 is 11.3 Å². The van der Waals surface area contributed by atoms with E-state index in [-0.39, 0.29) is 17.0 Å². The molecule has 114 valence electrons. The normalized spacial score (nSPS) is 9.91. The molecule has 1 aromatic carbocycles. The van der Waals surface area contributed by atoms with Gasteiger partial charge in [0.15, 0.2) is 0 Å². The minimum absolute atomic E-state index is 0.167. The summed E-state index contributed by atoms with van der Waals surface area (Å²) in [4.78, 5) is 35.8. The molecular formula is C15H14N2O4S. The van der Waals surface area contributed by atoms with Crippen LogP contribution in [0.4, 0.5) is 5.00 Å². The number of carbonyl (C=O) groups is 3. The number of benzene rings is 1. The van der Waals surface area contributed by atoms with Crippen LogP contribution in [0.1, 0.15) is 31.1 Å². The summed E-state index contributed by atoms with van der Waals surface area (Å²) in [6.07, 6.45) is 0. The van der Waals surface area contributed by atoms with Gasteiger partial charge in [-0.3, -0.25) is 9.59 Å². The summed E-state index contributed by atoms with van der Waals surface area (Å²) in [5.74, 6) is -1.37. The zero-order chi connectivity index (χ0) is 16.1. The van der Waals surface area contributed by atoms with Crippen LogP contribution in [0.15, 0.2) is 35.7 Å². The molecule has 0 aliphatic rings. The van der Waals surface area contributed by atoms with Crippen molar-refractivity contribution in [2.75, 3.05) is 19.5 Å². The summed E-state index contributed by atoms with van der Waals surface area (Å²) in [5, 5.41) is 7.28. The Bertz CT molecular complexity index is 724. The summed E-state index contributed by atoms with van der Waals surface area (Å²) < 4.78 is 4.66. The topological polar surface area (TPSA) is 84.5 Å². The number of hydrogen-bond acceptors (Lipinski definition) is 5. The third kappa shape index (κ3) is 3.15. The number of hydrogen-bond donors (Lipinski definition) is 2. The largest absolute Gasteiger partial charge is 0.465 e. The lowest BCUT2D eigenvalue weighted by atomic mass is 10.1. The summed E-state index contributed by atoms with van der Waals surface area (Å²) in [6.45, 7) is 0. The van der Waals surface area contributed by atoms with Gasteiger partial charge in [-0.2, -0.15) is 0 Å². The molecule has 1 aromatic heterocycles. The molecule has 0 radical (unpaired) electrons. The van der Waals surface area contributed by atoms with E-state index in [2.05, 4.69) is 15.4 Å². The molecule has 2 amide bonds. The maximum absolute atomic E-state index is 12.4. The van der Waals surface area contributed by atoms with Crippen molar-refractivity contribution in [3.8, 4) is 0 Å². The summed E-state index contributed by atoms with van der Waals surface area (Å²) in [7, 11) is 2.76. The van der Waals surface area contributed by atoms with Crippen LogP contribution in [0.2, 0.25) is 0 Å². The van der Waals surface area contributed by atoms with Gasteiger partial charge in [-0.25, -0.2) is 4.79 Å². The van der Waals surface area contributed by atoms with Gasteiger partial charge in [0.2, 0.25) is 0 Å². The van der Waals surface area contributed by atoms with E-state index < -0.39 is 11.9 Å². The average molecular weight is 318 g/mol. The Labute approximate surface area is 131 Å². The van der Waals surface area contributed by atoms with Crippen LogP contribution in [-0.2, 0) is 4.74 Å². The van der Waals surface area contributed by atoms with Crippen LogP contribution < -0.4 is 10.6 Å². The molecule has 2 aromatic rings. The molecule has 0 saturated heterocycles. The molecule has 0 aliphatic carbocycles. The van der Waals surface area contributed by atoms with Crippen LogP contribution in [0.3, 0.4) is 0 Å². The van der Waals surface area contributed by atoms with Crippen molar-refractivity contribution in [2.45, 2.75) is 0 Å². The molecule has 0 aliphatic heterocycles. The number of amides is 2. The molecule has 0 unspecified atom stereocenters. The van der Waals surface area contributed by atoms with Gasteiger partial charge in [-0.1, -0.05) is 12.1 Å². The highest BCUT2D eigenvalue weighted by Gasteiger charge is 2.19. The van der Waals surface area contributed by atoms with E-state index in [1.54, 1.807) is 23.6 Å². The monoisotopic (exact) mass is 318 g/mol. The first-order valence-corrected chi connectivity index (χ1v) is 7.24. The summed E-state index contributed by atoms with van der Waals surface area (Å²) >= 11 is 1.23. The van der Waals surface area contributed by atoms with E-state index in [9.17, 15) is 14.4 Å². The summed E-state index contributed by atoms with van der Waals surface area (Å²) in [5.41, 5.74) is 0.725. The average Bonchev–Trinajstić information content (AvgIpc) is 3.01. The number of thiophene rings is 1. The number of ether oxygens (including phenoxy) is 1. The fourth-order valence-corrected chi connectivity index (χ4v) is 2.64.